The third-order valence-electron chi connectivity index (χ3n) is 5.95. The molecule has 0 atom stereocenters. The van der Waals surface area contributed by atoms with Gasteiger partial charge in [-0.2, -0.15) is 10.4 Å². The largest absolute Gasteiger partial charge is 0.489 e. The van der Waals surface area contributed by atoms with Gasteiger partial charge in [0.15, 0.2) is 0 Å². The number of aromatic nitrogens is 2. The van der Waals surface area contributed by atoms with Crippen LogP contribution in [0, 0.1) is 11.3 Å². The average Bonchev–Trinajstić information content (AvgIpc) is 3.40. The van der Waals surface area contributed by atoms with Gasteiger partial charge in [-0.05, 0) is 72.3 Å². The zero-order valence-electron chi connectivity index (χ0n) is 20.6. The van der Waals surface area contributed by atoms with Crippen LogP contribution in [0.2, 0.25) is 5.02 Å². The van der Waals surface area contributed by atoms with Crippen molar-refractivity contribution in [2.75, 3.05) is 0 Å². The minimum Gasteiger partial charge on any atom is -0.489 e. The molecule has 0 saturated carbocycles. The number of hydrogen-bond donors (Lipinski definition) is 0. The molecule has 0 unspecified atom stereocenters. The summed E-state index contributed by atoms with van der Waals surface area (Å²) in [5.41, 5.74) is 3.59. The number of hydrogen-bond acceptors (Lipinski definition) is 5. The van der Waals surface area contributed by atoms with Gasteiger partial charge in [0.05, 0.1) is 10.6 Å². The topological polar surface area (TPSA) is 85.0 Å². The fourth-order valence-corrected chi connectivity index (χ4v) is 5.21. The number of allylic oxidation sites excluding steroid dienone is 1. The van der Waals surface area contributed by atoms with Gasteiger partial charge in [-0.1, -0.05) is 60.1 Å². The minimum absolute atomic E-state index is 0.0170. The lowest BCUT2D eigenvalue weighted by atomic mass is 10.1. The van der Waals surface area contributed by atoms with Crippen LogP contribution < -0.4 is 4.74 Å². The summed E-state index contributed by atoms with van der Waals surface area (Å²) in [6, 6.07) is 34.3. The normalized spacial score (nSPS) is 11.6. The Bertz CT molecular complexity index is 1760. The predicted molar refractivity (Wildman–Crippen MR) is 152 cm³/mol. The van der Waals surface area contributed by atoms with Gasteiger partial charge in [0.25, 0.3) is 0 Å². The number of para-hydroxylation sites is 1. The van der Waals surface area contributed by atoms with E-state index in [0.717, 1.165) is 16.8 Å². The fourth-order valence-electron chi connectivity index (χ4n) is 3.93. The highest BCUT2D eigenvalue weighted by atomic mass is 35.5. The molecule has 5 aromatic rings. The molecular weight excluding hydrogens is 530 g/mol. The maximum atomic E-state index is 13.3. The van der Waals surface area contributed by atoms with Crippen molar-refractivity contribution in [2.45, 2.75) is 11.5 Å². The van der Waals surface area contributed by atoms with Crippen LogP contribution in [0.1, 0.15) is 11.1 Å². The molecule has 4 aromatic carbocycles. The summed E-state index contributed by atoms with van der Waals surface area (Å²) in [5.74, 6) is 0.685. The van der Waals surface area contributed by atoms with Gasteiger partial charge in [-0.15, -0.1) is 0 Å². The molecule has 0 amide bonds. The van der Waals surface area contributed by atoms with Crippen LogP contribution in [0.15, 0.2) is 125 Å². The molecule has 39 heavy (non-hydrogen) atoms. The van der Waals surface area contributed by atoms with Crippen LogP contribution in [0.5, 0.6) is 5.75 Å². The SMILES string of the molecule is N#CC(=Cc1cn(-c2ccccc2)nc1-c1ccc(OCc2ccccc2)cc1)S(=O)(=O)c1ccc(Cl)cc1. The van der Waals surface area contributed by atoms with E-state index in [1.807, 2.05) is 91.0 Å². The molecule has 0 bridgehead atoms. The molecule has 8 heteroatoms. The number of halogens is 1. The molecular formula is C31H22ClN3O3S. The van der Waals surface area contributed by atoms with Gasteiger partial charge in [0, 0.05) is 22.3 Å². The fraction of sp³-hybridized carbons (Fsp3) is 0.0323. The van der Waals surface area contributed by atoms with E-state index in [4.69, 9.17) is 21.4 Å². The average molecular weight is 552 g/mol. The second-order valence-corrected chi connectivity index (χ2v) is 10.9. The smallest absolute Gasteiger partial charge is 0.216 e. The van der Waals surface area contributed by atoms with E-state index in [0.29, 0.717) is 28.6 Å². The molecule has 1 heterocycles. The van der Waals surface area contributed by atoms with Gasteiger partial charge < -0.3 is 4.74 Å². The van der Waals surface area contributed by atoms with E-state index in [1.54, 1.807) is 10.9 Å². The van der Waals surface area contributed by atoms with E-state index in [2.05, 4.69) is 0 Å². The summed E-state index contributed by atoms with van der Waals surface area (Å²) < 4.78 is 34.1. The van der Waals surface area contributed by atoms with Gasteiger partial charge in [0.2, 0.25) is 9.84 Å². The van der Waals surface area contributed by atoms with Gasteiger partial charge in [-0.25, -0.2) is 13.1 Å². The summed E-state index contributed by atoms with van der Waals surface area (Å²) in [4.78, 5) is -0.418. The number of sulfone groups is 1. The van der Waals surface area contributed by atoms with Crippen molar-refractivity contribution in [1.82, 2.24) is 9.78 Å². The Hall–Kier alpha value is -4.64. The van der Waals surface area contributed by atoms with E-state index < -0.39 is 14.7 Å². The predicted octanol–water partition coefficient (Wildman–Crippen LogP) is 7.11. The maximum Gasteiger partial charge on any atom is 0.216 e. The van der Waals surface area contributed by atoms with Crippen molar-refractivity contribution < 1.29 is 13.2 Å². The summed E-state index contributed by atoms with van der Waals surface area (Å²) in [6.45, 7) is 0.435. The standard InChI is InChI=1S/C31H22ClN3O3S/c32-26-13-17-29(18-14-26)39(36,37)30(20-33)19-25-21-35(27-9-5-2-6-10-27)34-31(25)24-11-15-28(16-12-24)38-22-23-7-3-1-4-8-23/h1-19,21H,22H2. The van der Waals surface area contributed by atoms with E-state index in [1.165, 1.54) is 30.3 Å². The molecule has 192 valence electrons. The molecule has 0 aliphatic heterocycles. The molecule has 0 spiro atoms. The zero-order valence-corrected chi connectivity index (χ0v) is 22.2. The second kappa shape index (κ2) is 11.4. The van der Waals surface area contributed by atoms with Crippen LogP contribution in [-0.4, -0.2) is 18.2 Å². The molecule has 6 nitrogen and oxygen atoms in total. The summed E-state index contributed by atoms with van der Waals surface area (Å²) in [6.07, 6.45) is 3.06. The molecule has 0 aliphatic rings. The minimum atomic E-state index is -4.08. The third-order valence-corrected chi connectivity index (χ3v) is 7.88. The lowest BCUT2D eigenvalue weighted by Gasteiger charge is -2.07. The van der Waals surface area contributed by atoms with Gasteiger partial charge in [-0.3, -0.25) is 0 Å². The van der Waals surface area contributed by atoms with Crippen molar-refractivity contribution in [3.05, 3.63) is 136 Å². The van der Waals surface area contributed by atoms with Crippen molar-refractivity contribution in [3.8, 4) is 28.8 Å². The van der Waals surface area contributed by atoms with Gasteiger partial charge in [0.1, 0.15) is 29.0 Å². The molecule has 5 rings (SSSR count). The first-order chi connectivity index (χ1) is 18.9. The lowest BCUT2D eigenvalue weighted by Crippen LogP contribution is -2.03. The molecule has 0 N–H and O–H groups in total. The van der Waals surface area contributed by atoms with Crippen LogP contribution in [-0.2, 0) is 16.4 Å². The highest BCUT2D eigenvalue weighted by Gasteiger charge is 2.22. The van der Waals surface area contributed by atoms with Crippen molar-refractivity contribution in [1.29, 1.82) is 5.26 Å². The Morgan fingerprint density at radius 3 is 2.18 bits per heavy atom. The summed E-state index contributed by atoms with van der Waals surface area (Å²) >= 11 is 5.92. The Morgan fingerprint density at radius 1 is 0.897 bits per heavy atom. The van der Waals surface area contributed by atoms with Crippen molar-refractivity contribution in [3.63, 3.8) is 0 Å². The number of nitrogens with zero attached hydrogens (tertiary/aromatic N) is 3. The van der Waals surface area contributed by atoms with Crippen LogP contribution >= 0.6 is 11.6 Å². The van der Waals surface area contributed by atoms with Crippen molar-refractivity contribution in [2.24, 2.45) is 0 Å². The quantitative estimate of drug-likeness (QED) is 0.192. The van der Waals surface area contributed by atoms with Gasteiger partial charge >= 0.3 is 0 Å². The lowest BCUT2D eigenvalue weighted by molar-refractivity contribution is 0.306. The highest BCUT2D eigenvalue weighted by molar-refractivity contribution is 7.95. The number of nitriles is 1. The number of rotatable bonds is 8. The molecule has 0 saturated heterocycles. The molecule has 0 radical (unpaired) electrons. The molecule has 0 fully saturated rings. The Kier molecular flexibility index (Phi) is 7.60. The highest BCUT2D eigenvalue weighted by Crippen LogP contribution is 2.30. The van der Waals surface area contributed by atoms with E-state index in [9.17, 15) is 13.7 Å². The van der Waals surface area contributed by atoms with Crippen LogP contribution in [0.3, 0.4) is 0 Å². The first kappa shape index (κ1) is 26.0. The second-order valence-electron chi connectivity index (χ2n) is 8.59. The van der Waals surface area contributed by atoms with Crippen molar-refractivity contribution >= 4 is 27.5 Å². The zero-order chi connectivity index (χ0) is 27.2. The van der Waals surface area contributed by atoms with Crippen LogP contribution in [0.4, 0.5) is 0 Å². The Labute approximate surface area is 231 Å². The number of ether oxygens (including phenoxy) is 1. The molecule has 0 aliphatic carbocycles. The maximum absolute atomic E-state index is 13.3. The summed E-state index contributed by atoms with van der Waals surface area (Å²) in [5, 5.41) is 15.0. The first-order valence-corrected chi connectivity index (χ1v) is 13.8. The third kappa shape index (κ3) is 5.93. The molecule has 1 aromatic heterocycles. The summed E-state index contributed by atoms with van der Waals surface area (Å²) in [7, 11) is -4.08. The monoisotopic (exact) mass is 551 g/mol. The van der Waals surface area contributed by atoms with E-state index >= 15 is 0 Å². The van der Waals surface area contributed by atoms with Crippen LogP contribution in [0.25, 0.3) is 23.0 Å². The van der Waals surface area contributed by atoms with E-state index in [-0.39, 0.29) is 4.90 Å². The first-order valence-electron chi connectivity index (χ1n) is 12.0. The Balaban J connectivity index is 1.52. The Morgan fingerprint density at radius 2 is 1.54 bits per heavy atom. The number of benzene rings is 4.